The fourth-order valence-electron chi connectivity index (χ4n) is 2.35. The maximum Gasteiger partial charge on any atom is 0.119 e. The minimum Gasteiger partial charge on any atom is -0.497 e. The summed E-state index contributed by atoms with van der Waals surface area (Å²) in [6.07, 6.45) is 4.74. The predicted octanol–water partition coefficient (Wildman–Crippen LogP) is 2.68. The quantitative estimate of drug-likeness (QED) is 0.805. The first-order chi connectivity index (χ1) is 7.29. The van der Waals surface area contributed by atoms with E-state index >= 15 is 0 Å². The van der Waals surface area contributed by atoms with Gasteiger partial charge in [-0.15, -0.1) is 0 Å². The van der Waals surface area contributed by atoms with Crippen LogP contribution in [0.5, 0.6) is 5.75 Å². The molecular weight excluding hydrogens is 186 g/mol. The van der Waals surface area contributed by atoms with E-state index in [0.29, 0.717) is 12.0 Å². The van der Waals surface area contributed by atoms with E-state index in [1.807, 2.05) is 6.07 Å². The Balaban J connectivity index is 2.08. The van der Waals surface area contributed by atoms with Crippen LogP contribution in [0.1, 0.15) is 37.2 Å². The van der Waals surface area contributed by atoms with Crippen LogP contribution >= 0.6 is 0 Å². The van der Waals surface area contributed by atoms with Crippen molar-refractivity contribution in [2.24, 2.45) is 5.73 Å². The molecule has 0 heterocycles. The van der Waals surface area contributed by atoms with Gasteiger partial charge in [0.25, 0.3) is 0 Å². The third-order valence-electron chi connectivity index (χ3n) is 3.34. The summed E-state index contributed by atoms with van der Waals surface area (Å²) >= 11 is 0. The first-order valence-electron chi connectivity index (χ1n) is 5.69. The van der Waals surface area contributed by atoms with Crippen molar-refractivity contribution in [1.82, 2.24) is 0 Å². The van der Waals surface area contributed by atoms with E-state index in [9.17, 15) is 0 Å². The van der Waals surface area contributed by atoms with Crippen molar-refractivity contribution in [2.45, 2.75) is 37.6 Å². The van der Waals surface area contributed by atoms with Gasteiger partial charge >= 0.3 is 0 Å². The highest BCUT2D eigenvalue weighted by Gasteiger charge is 2.19. The fourth-order valence-corrected chi connectivity index (χ4v) is 2.35. The fraction of sp³-hybridized carbons (Fsp3) is 0.538. The number of ether oxygens (including phenoxy) is 1. The molecule has 0 spiro atoms. The molecule has 1 aromatic rings. The van der Waals surface area contributed by atoms with E-state index in [1.54, 1.807) is 7.11 Å². The number of nitrogens with two attached hydrogens (primary N) is 1. The molecule has 0 radical (unpaired) electrons. The van der Waals surface area contributed by atoms with Gasteiger partial charge in [-0.3, -0.25) is 0 Å². The van der Waals surface area contributed by atoms with Gasteiger partial charge in [0.15, 0.2) is 0 Å². The molecule has 2 N–H and O–H groups in total. The van der Waals surface area contributed by atoms with Crippen molar-refractivity contribution in [3.05, 3.63) is 29.8 Å². The SMILES string of the molecule is COc1cccc(C2CCC(N)CC2)c1. The predicted molar refractivity (Wildman–Crippen MR) is 62.2 cm³/mol. The van der Waals surface area contributed by atoms with E-state index < -0.39 is 0 Å². The smallest absolute Gasteiger partial charge is 0.119 e. The summed E-state index contributed by atoms with van der Waals surface area (Å²) in [6, 6.07) is 8.85. The Kier molecular flexibility index (Phi) is 3.27. The summed E-state index contributed by atoms with van der Waals surface area (Å²) < 4.78 is 5.24. The van der Waals surface area contributed by atoms with Gasteiger partial charge in [-0.2, -0.15) is 0 Å². The molecule has 0 aliphatic heterocycles. The van der Waals surface area contributed by atoms with Gasteiger partial charge in [0.2, 0.25) is 0 Å². The number of hydrogen-bond donors (Lipinski definition) is 1. The molecule has 0 atom stereocenters. The van der Waals surface area contributed by atoms with Crippen molar-refractivity contribution in [2.75, 3.05) is 7.11 Å². The lowest BCUT2D eigenvalue weighted by Gasteiger charge is -2.26. The molecule has 1 fully saturated rings. The number of hydrogen-bond acceptors (Lipinski definition) is 2. The van der Waals surface area contributed by atoms with Gasteiger partial charge in [-0.1, -0.05) is 12.1 Å². The summed E-state index contributed by atoms with van der Waals surface area (Å²) in [5.74, 6) is 1.64. The maximum absolute atomic E-state index is 5.91. The van der Waals surface area contributed by atoms with Crippen molar-refractivity contribution < 1.29 is 4.74 Å². The molecule has 0 saturated heterocycles. The highest BCUT2D eigenvalue weighted by Crippen LogP contribution is 2.33. The topological polar surface area (TPSA) is 35.2 Å². The minimum absolute atomic E-state index is 0.423. The Hall–Kier alpha value is -1.02. The van der Waals surface area contributed by atoms with Gasteiger partial charge in [-0.05, 0) is 49.3 Å². The van der Waals surface area contributed by atoms with Gasteiger partial charge < -0.3 is 10.5 Å². The lowest BCUT2D eigenvalue weighted by molar-refractivity contribution is 0.390. The monoisotopic (exact) mass is 205 g/mol. The van der Waals surface area contributed by atoms with Crippen LogP contribution in [0.15, 0.2) is 24.3 Å². The van der Waals surface area contributed by atoms with Gasteiger partial charge in [0.1, 0.15) is 5.75 Å². The highest BCUT2D eigenvalue weighted by molar-refractivity contribution is 5.31. The standard InChI is InChI=1S/C13H19NO/c1-15-13-4-2-3-11(9-13)10-5-7-12(14)8-6-10/h2-4,9-10,12H,5-8,14H2,1H3. The molecule has 82 valence electrons. The van der Waals surface area contributed by atoms with E-state index in [-0.39, 0.29) is 0 Å². The summed E-state index contributed by atoms with van der Waals surface area (Å²) in [5.41, 5.74) is 7.31. The molecule has 0 aromatic heterocycles. The maximum atomic E-state index is 5.91. The zero-order chi connectivity index (χ0) is 10.7. The lowest BCUT2D eigenvalue weighted by atomic mass is 9.82. The van der Waals surface area contributed by atoms with Crippen LogP contribution in [-0.4, -0.2) is 13.2 Å². The van der Waals surface area contributed by atoms with Crippen LogP contribution in [-0.2, 0) is 0 Å². The lowest BCUT2D eigenvalue weighted by Crippen LogP contribution is -2.25. The largest absolute Gasteiger partial charge is 0.497 e. The molecule has 0 unspecified atom stereocenters. The van der Waals surface area contributed by atoms with E-state index in [2.05, 4.69) is 18.2 Å². The van der Waals surface area contributed by atoms with E-state index in [0.717, 1.165) is 18.6 Å². The van der Waals surface area contributed by atoms with Crippen molar-refractivity contribution in [3.8, 4) is 5.75 Å². The molecule has 1 aromatic carbocycles. The first-order valence-corrected chi connectivity index (χ1v) is 5.69. The van der Waals surface area contributed by atoms with E-state index in [1.165, 1.54) is 18.4 Å². The second-order valence-corrected chi connectivity index (χ2v) is 4.39. The second kappa shape index (κ2) is 4.67. The van der Waals surface area contributed by atoms with Gasteiger partial charge in [-0.25, -0.2) is 0 Å². The normalized spacial score (nSPS) is 26.3. The molecule has 1 aliphatic carbocycles. The van der Waals surface area contributed by atoms with E-state index in [4.69, 9.17) is 10.5 Å². The molecule has 1 saturated carbocycles. The van der Waals surface area contributed by atoms with Gasteiger partial charge in [0.05, 0.1) is 7.11 Å². The Morgan fingerprint density at radius 2 is 1.93 bits per heavy atom. The highest BCUT2D eigenvalue weighted by atomic mass is 16.5. The zero-order valence-corrected chi connectivity index (χ0v) is 9.28. The van der Waals surface area contributed by atoms with Gasteiger partial charge in [0, 0.05) is 6.04 Å². The molecule has 15 heavy (non-hydrogen) atoms. The average Bonchev–Trinajstić information content (AvgIpc) is 2.30. The molecule has 1 aliphatic rings. The average molecular weight is 205 g/mol. The van der Waals surface area contributed by atoms with Crippen LogP contribution in [0.2, 0.25) is 0 Å². The number of rotatable bonds is 2. The first kappa shape index (κ1) is 10.5. The molecular formula is C13H19NO. The summed E-state index contributed by atoms with van der Waals surface area (Å²) in [4.78, 5) is 0. The van der Waals surface area contributed by atoms with Crippen molar-refractivity contribution in [1.29, 1.82) is 0 Å². The third kappa shape index (κ3) is 2.51. The summed E-state index contributed by atoms with van der Waals surface area (Å²) in [6.45, 7) is 0. The molecule has 2 rings (SSSR count). The van der Waals surface area contributed by atoms with Crippen molar-refractivity contribution >= 4 is 0 Å². The Bertz CT molecular complexity index is 316. The number of benzene rings is 1. The zero-order valence-electron chi connectivity index (χ0n) is 9.28. The number of methoxy groups -OCH3 is 1. The molecule has 2 nitrogen and oxygen atoms in total. The van der Waals surface area contributed by atoms with Crippen LogP contribution in [0.4, 0.5) is 0 Å². The van der Waals surface area contributed by atoms with Crippen LogP contribution in [0, 0.1) is 0 Å². The van der Waals surface area contributed by atoms with Crippen LogP contribution in [0.25, 0.3) is 0 Å². The molecule has 0 amide bonds. The molecule has 0 bridgehead atoms. The Morgan fingerprint density at radius 1 is 1.20 bits per heavy atom. The third-order valence-corrected chi connectivity index (χ3v) is 3.34. The molecule has 2 heteroatoms. The van der Waals surface area contributed by atoms with Crippen molar-refractivity contribution in [3.63, 3.8) is 0 Å². The Morgan fingerprint density at radius 3 is 2.60 bits per heavy atom. The second-order valence-electron chi connectivity index (χ2n) is 4.39. The Labute approximate surface area is 91.4 Å². The summed E-state index contributed by atoms with van der Waals surface area (Å²) in [5, 5.41) is 0. The van der Waals surface area contributed by atoms with Crippen LogP contribution in [0.3, 0.4) is 0 Å². The summed E-state index contributed by atoms with van der Waals surface area (Å²) in [7, 11) is 1.72. The van der Waals surface area contributed by atoms with Crippen LogP contribution < -0.4 is 10.5 Å². The minimum atomic E-state index is 0.423.